The summed E-state index contributed by atoms with van der Waals surface area (Å²) in [5.41, 5.74) is 2.97. The van der Waals surface area contributed by atoms with Gasteiger partial charge in [-0.25, -0.2) is 9.97 Å². The summed E-state index contributed by atoms with van der Waals surface area (Å²) in [4.78, 5) is 9.39. The maximum absolute atomic E-state index is 9.32. The van der Waals surface area contributed by atoms with E-state index >= 15 is 0 Å². The van der Waals surface area contributed by atoms with Crippen LogP contribution < -0.4 is 10.6 Å². The normalized spacial score (nSPS) is 16.0. The Morgan fingerprint density at radius 2 is 2.19 bits per heavy atom. The molecule has 1 saturated heterocycles. The molecular formula is C20H21N9OS. The first-order valence-corrected chi connectivity index (χ1v) is 10.8. The van der Waals surface area contributed by atoms with E-state index in [2.05, 4.69) is 31.9 Å². The third-order valence-corrected chi connectivity index (χ3v) is 6.45. The van der Waals surface area contributed by atoms with Crippen LogP contribution in [0.4, 0.5) is 11.6 Å². The molecule has 0 aliphatic carbocycles. The Kier molecular flexibility index (Phi) is 4.90. The smallest absolute Gasteiger partial charge is 0.228 e. The average Bonchev–Trinajstić information content (AvgIpc) is 3.50. The topological polar surface area (TPSA) is 130 Å². The number of hydrogen-bond acceptors (Lipinski definition) is 9. The van der Waals surface area contributed by atoms with Crippen molar-refractivity contribution in [2.75, 3.05) is 25.0 Å². The Labute approximate surface area is 182 Å². The predicted octanol–water partition coefficient (Wildman–Crippen LogP) is 2.26. The minimum absolute atomic E-state index is 0.00936. The van der Waals surface area contributed by atoms with Crippen molar-refractivity contribution in [2.24, 2.45) is 0 Å². The lowest BCUT2D eigenvalue weighted by Crippen LogP contribution is -2.60. The maximum Gasteiger partial charge on any atom is 0.228 e. The number of anilines is 2. The van der Waals surface area contributed by atoms with Crippen LogP contribution in [0.3, 0.4) is 0 Å². The number of hydrogen-bond donors (Lipinski definition) is 3. The van der Waals surface area contributed by atoms with Crippen molar-refractivity contribution in [2.45, 2.75) is 24.9 Å². The highest BCUT2D eigenvalue weighted by Crippen LogP contribution is 2.33. The number of rotatable bonds is 7. The van der Waals surface area contributed by atoms with Gasteiger partial charge in [0, 0.05) is 31.0 Å². The molecule has 5 rings (SSSR count). The fraction of sp³-hybridized carbons (Fsp3) is 0.350. The predicted molar refractivity (Wildman–Crippen MR) is 117 cm³/mol. The van der Waals surface area contributed by atoms with Gasteiger partial charge in [-0.15, -0.1) is 11.3 Å². The van der Waals surface area contributed by atoms with E-state index in [-0.39, 0.29) is 18.2 Å². The van der Waals surface area contributed by atoms with Crippen LogP contribution in [0, 0.1) is 11.3 Å². The summed E-state index contributed by atoms with van der Waals surface area (Å²) >= 11 is 1.58. The second kappa shape index (κ2) is 7.73. The van der Waals surface area contributed by atoms with Gasteiger partial charge in [-0.05, 0) is 18.4 Å². The average molecular weight is 436 g/mol. The maximum atomic E-state index is 9.32. The van der Waals surface area contributed by atoms with Gasteiger partial charge in [-0.2, -0.15) is 15.5 Å². The largest absolute Gasteiger partial charge is 0.394 e. The van der Waals surface area contributed by atoms with Crippen molar-refractivity contribution < 1.29 is 5.11 Å². The third-order valence-electron chi connectivity index (χ3n) is 5.54. The van der Waals surface area contributed by atoms with E-state index in [4.69, 9.17) is 4.98 Å². The second-order valence-corrected chi connectivity index (χ2v) is 8.65. The lowest BCUT2D eigenvalue weighted by Gasteiger charge is -2.41. The van der Waals surface area contributed by atoms with Gasteiger partial charge in [0.15, 0.2) is 0 Å². The molecular weight excluding hydrogens is 414 g/mol. The standard InChI is InChI=1S/C20H21N9OS/c1-13(10-30)28-9-15(7-23-28)25-19-26-16-2-5-31-18(16)17(27-19)14-6-24-29(8-14)20(3-4-21)11-22-12-20/h2,5-9,13,22,30H,3,10-12H2,1H3,(H,25,26,27)/t13-/m0/s1. The van der Waals surface area contributed by atoms with Crippen molar-refractivity contribution in [3.05, 3.63) is 36.2 Å². The molecule has 10 nitrogen and oxygen atoms in total. The van der Waals surface area contributed by atoms with E-state index in [0.717, 1.165) is 40.3 Å². The van der Waals surface area contributed by atoms with Crippen molar-refractivity contribution in [3.63, 3.8) is 0 Å². The molecule has 1 aliphatic rings. The van der Waals surface area contributed by atoms with Gasteiger partial charge >= 0.3 is 0 Å². The Balaban J connectivity index is 1.49. The Hall–Kier alpha value is -3.33. The van der Waals surface area contributed by atoms with E-state index in [0.29, 0.717) is 12.4 Å². The summed E-state index contributed by atoms with van der Waals surface area (Å²) in [5.74, 6) is 0.460. The SMILES string of the molecule is C[C@@H](CO)n1cc(Nc2nc(-c3cnn(C4(CC#N)CNC4)c3)c3sccc3n2)cn1. The first kappa shape index (κ1) is 19.6. The zero-order valence-electron chi connectivity index (χ0n) is 16.9. The van der Waals surface area contributed by atoms with Crippen LogP contribution in [-0.4, -0.2) is 54.3 Å². The van der Waals surface area contributed by atoms with E-state index in [1.165, 1.54) is 0 Å². The fourth-order valence-corrected chi connectivity index (χ4v) is 4.45. The van der Waals surface area contributed by atoms with Crippen molar-refractivity contribution in [1.82, 2.24) is 34.8 Å². The first-order valence-electron chi connectivity index (χ1n) is 9.92. The molecule has 5 heterocycles. The highest BCUT2D eigenvalue weighted by Gasteiger charge is 2.39. The fourth-order valence-electron chi connectivity index (χ4n) is 3.60. The minimum atomic E-state index is -0.298. The zero-order valence-corrected chi connectivity index (χ0v) is 17.7. The van der Waals surface area contributed by atoms with Crippen LogP contribution in [0.2, 0.25) is 0 Å². The van der Waals surface area contributed by atoms with Crippen LogP contribution in [0.25, 0.3) is 21.5 Å². The first-order chi connectivity index (χ1) is 15.1. The highest BCUT2D eigenvalue weighted by molar-refractivity contribution is 7.17. The Morgan fingerprint density at radius 3 is 2.94 bits per heavy atom. The molecule has 1 fully saturated rings. The van der Waals surface area contributed by atoms with Crippen LogP contribution in [0.15, 0.2) is 36.2 Å². The van der Waals surface area contributed by atoms with Crippen LogP contribution in [0.1, 0.15) is 19.4 Å². The third kappa shape index (κ3) is 3.44. The molecule has 0 amide bonds. The summed E-state index contributed by atoms with van der Waals surface area (Å²) in [5, 5.41) is 35.8. The molecule has 158 valence electrons. The molecule has 4 aromatic rings. The number of aliphatic hydroxyl groups excluding tert-OH is 1. The number of nitrogens with one attached hydrogen (secondary N) is 2. The molecule has 0 unspecified atom stereocenters. The van der Waals surface area contributed by atoms with E-state index < -0.39 is 0 Å². The van der Waals surface area contributed by atoms with Gasteiger partial charge in [-0.3, -0.25) is 9.36 Å². The molecule has 31 heavy (non-hydrogen) atoms. The molecule has 0 spiro atoms. The van der Waals surface area contributed by atoms with Gasteiger partial charge in [-0.1, -0.05) is 0 Å². The van der Waals surface area contributed by atoms with Gasteiger partial charge in [0.05, 0.1) is 59.1 Å². The van der Waals surface area contributed by atoms with Crippen LogP contribution in [0.5, 0.6) is 0 Å². The van der Waals surface area contributed by atoms with Crippen LogP contribution >= 0.6 is 11.3 Å². The van der Waals surface area contributed by atoms with Gasteiger partial charge in [0.2, 0.25) is 5.95 Å². The van der Waals surface area contributed by atoms with Crippen molar-refractivity contribution >= 4 is 33.2 Å². The minimum Gasteiger partial charge on any atom is -0.394 e. The molecule has 3 N–H and O–H groups in total. The lowest BCUT2D eigenvalue weighted by molar-refractivity contribution is 0.160. The summed E-state index contributed by atoms with van der Waals surface area (Å²) in [7, 11) is 0. The molecule has 0 bridgehead atoms. The highest BCUT2D eigenvalue weighted by atomic mass is 32.1. The lowest BCUT2D eigenvalue weighted by atomic mass is 9.89. The van der Waals surface area contributed by atoms with E-state index in [1.54, 1.807) is 28.4 Å². The molecule has 0 saturated carbocycles. The number of aliphatic hydroxyl groups is 1. The van der Waals surface area contributed by atoms with Gasteiger partial charge < -0.3 is 15.7 Å². The zero-order chi connectivity index (χ0) is 21.4. The van der Waals surface area contributed by atoms with E-state index in [9.17, 15) is 10.4 Å². The van der Waals surface area contributed by atoms with Gasteiger partial charge in [0.25, 0.3) is 0 Å². The molecule has 0 aromatic carbocycles. The monoisotopic (exact) mass is 435 g/mol. The molecule has 11 heteroatoms. The number of thiophene rings is 1. The van der Waals surface area contributed by atoms with Crippen LogP contribution in [-0.2, 0) is 5.54 Å². The van der Waals surface area contributed by atoms with Crippen molar-refractivity contribution in [3.8, 4) is 17.3 Å². The molecule has 1 aliphatic heterocycles. The quantitative estimate of drug-likeness (QED) is 0.403. The Morgan fingerprint density at radius 1 is 1.32 bits per heavy atom. The number of nitriles is 1. The molecule has 4 aromatic heterocycles. The summed E-state index contributed by atoms with van der Waals surface area (Å²) in [6.07, 6.45) is 7.66. The Bertz CT molecular complexity index is 1260. The number of fused-ring (bicyclic) bond motifs is 1. The molecule has 1 atom stereocenters. The summed E-state index contributed by atoms with van der Waals surface area (Å²) in [6.45, 7) is 3.35. The van der Waals surface area contributed by atoms with Gasteiger partial charge in [0.1, 0.15) is 5.54 Å². The summed E-state index contributed by atoms with van der Waals surface area (Å²) in [6, 6.07) is 4.13. The van der Waals surface area contributed by atoms with E-state index in [1.807, 2.05) is 35.4 Å². The van der Waals surface area contributed by atoms with Crippen molar-refractivity contribution in [1.29, 1.82) is 5.26 Å². The second-order valence-electron chi connectivity index (χ2n) is 7.73. The summed E-state index contributed by atoms with van der Waals surface area (Å²) < 4.78 is 4.56. The molecule has 0 radical (unpaired) electrons. The number of aromatic nitrogens is 6. The number of nitrogens with zero attached hydrogens (tertiary/aromatic N) is 7.